The Kier molecular flexibility index (Phi) is 14.8. The zero-order valence-corrected chi connectivity index (χ0v) is 50.6. The Morgan fingerprint density at radius 2 is 1.10 bits per heavy atom. The first-order valence-electron chi connectivity index (χ1n) is 27.3. The zero-order chi connectivity index (χ0) is 54.2. The molecule has 4 nitrogen and oxygen atoms in total. The maximum atomic E-state index is 6.98. The van der Waals surface area contributed by atoms with Gasteiger partial charge in [-0.1, -0.05) is 188 Å². The summed E-state index contributed by atoms with van der Waals surface area (Å²) in [6, 6.07) is 59.8. The molecule has 0 unspecified atom stereocenters. The molecule has 0 aliphatic carbocycles. The Morgan fingerprint density at radius 1 is 0.494 bits per heavy atom. The van der Waals surface area contributed by atoms with Crippen LogP contribution in [0.2, 0.25) is 0 Å². The molecule has 8 aromatic carbocycles. The monoisotopic (exact) mass is 1190 g/mol. The number of imidazole rings is 1. The summed E-state index contributed by atoms with van der Waals surface area (Å²) in [5, 5.41) is 7.01. The van der Waals surface area contributed by atoms with Gasteiger partial charge in [-0.05, 0) is 148 Å². The number of nitrogens with zero attached hydrogens (tertiary/aromatic N) is 3. The molecule has 0 N–H and O–H groups in total. The molecule has 0 saturated carbocycles. The molecule has 3 aromatic heterocycles. The van der Waals surface area contributed by atoms with Crippen LogP contribution in [0.4, 0.5) is 0 Å². The Morgan fingerprint density at radius 3 is 1.73 bits per heavy atom. The maximum Gasteiger partial charge on any atom is 0.121 e. The van der Waals surface area contributed by atoms with E-state index in [2.05, 4.69) is 248 Å². The Labute approximate surface area is 471 Å². The Hall–Kier alpha value is -6.65. The van der Waals surface area contributed by atoms with Gasteiger partial charge in [0.15, 0.2) is 0 Å². The zero-order valence-electron chi connectivity index (χ0n) is 48.2. The van der Waals surface area contributed by atoms with E-state index in [0.717, 1.165) is 55.6 Å². The minimum Gasteiger partial charge on any atom is -0.501 e. The molecule has 0 aliphatic rings. The van der Waals surface area contributed by atoms with E-state index in [-0.39, 0.29) is 53.6 Å². The quantitative estimate of drug-likeness (QED) is 0.123. The summed E-state index contributed by atoms with van der Waals surface area (Å²) >= 11 is 0. The molecular formula is C72H75IrN3O-2. The summed E-state index contributed by atoms with van der Waals surface area (Å²) in [6.45, 7) is 36.8. The van der Waals surface area contributed by atoms with Gasteiger partial charge < -0.3 is 14.0 Å². The van der Waals surface area contributed by atoms with Gasteiger partial charge in [0.25, 0.3) is 0 Å². The molecule has 0 fully saturated rings. The van der Waals surface area contributed by atoms with Crippen molar-refractivity contribution in [3.05, 3.63) is 197 Å². The number of fused-ring (bicyclic) bond motifs is 7. The van der Waals surface area contributed by atoms with Crippen LogP contribution in [0.5, 0.6) is 0 Å². The van der Waals surface area contributed by atoms with Crippen molar-refractivity contribution in [1.82, 2.24) is 14.5 Å². The minimum absolute atomic E-state index is 0. The predicted molar refractivity (Wildman–Crippen MR) is 325 cm³/mol. The fourth-order valence-corrected chi connectivity index (χ4v) is 10.6. The van der Waals surface area contributed by atoms with E-state index in [1.54, 1.807) is 0 Å². The van der Waals surface area contributed by atoms with Crippen molar-refractivity contribution in [1.29, 1.82) is 0 Å². The molecule has 5 heteroatoms. The van der Waals surface area contributed by atoms with Crippen molar-refractivity contribution in [2.75, 3.05) is 0 Å². The molecule has 3 heterocycles. The molecule has 11 aromatic rings. The average molecular weight is 1190 g/mol. The summed E-state index contributed by atoms with van der Waals surface area (Å²) in [4.78, 5) is 9.92. The predicted octanol–water partition coefficient (Wildman–Crippen LogP) is 20.3. The first-order valence-corrected chi connectivity index (χ1v) is 27.3. The summed E-state index contributed by atoms with van der Waals surface area (Å²) in [5.41, 5.74) is 18.4. The van der Waals surface area contributed by atoms with E-state index in [1.807, 2.05) is 36.5 Å². The third-order valence-electron chi connectivity index (χ3n) is 15.3. The van der Waals surface area contributed by atoms with Crippen molar-refractivity contribution in [2.24, 2.45) is 0 Å². The fraction of sp³-hybridized carbons (Fsp3) is 0.306. The normalized spacial score (nSPS) is 12.5. The second-order valence-corrected chi connectivity index (χ2v) is 25.8. The van der Waals surface area contributed by atoms with Crippen molar-refractivity contribution >= 4 is 54.5 Å². The van der Waals surface area contributed by atoms with Gasteiger partial charge in [-0.3, -0.25) is 4.98 Å². The fourth-order valence-electron chi connectivity index (χ4n) is 10.6. The van der Waals surface area contributed by atoms with Crippen LogP contribution in [0.3, 0.4) is 0 Å². The summed E-state index contributed by atoms with van der Waals surface area (Å²) in [5.74, 6) is 1.31. The molecule has 0 bridgehead atoms. The largest absolute Gasteiger partial charge is 0.501 e. The number of hydrogen-bond acceptors (Lipinski definition) is 3. The molecular weight excluding hydrogens is 1120 g/mol. The molecule has 0 saturated heterocycles. The van der Waals surface area contributed by atoms with E-state index in [4.69, 9.17) is 9.40 Å². The first kappa shape index (κ1) is 55.1. The van der Waals surface area contributed by atoms with E-state index < -0.39 is 0 Å². The summed E-state index contributed by atoms with van der Waals surface area (Å²) < 4.78 is 9.44. The van der Waals surface area contributed by atoms with Crippen LogP contribution in [0.1, 0.15) is 156 Å². The van der Waals surface area contributed by atoms with E-state index in [0.29, 0.717) is 0 Å². The van der Waals surface area contributed by atoms with E-state index >= 15 is 0 Å². The van der Waals surface area contributed by atoms with Crippen LogP contribution >= 0.6 is 0 Å². The van der Waals surface area contributed by atoms with Crippen molar-refractivity contribution in [2.45, 2.75) is 144 Å². The molecule has 0 atom stereocenters. The SMILES string of the molecule is CC(C)(C)c1ccnc(-c2[c-]cccc2)c1.CC(C)c1cc(-c2cc(C(C)(C)C)cc(C(C)(C)C)c2)cc(C(C)C)c1-n1c(-c2[c-]ccc3c2oc2cc4c(ccc5ccccc54)cc23)nc2ccc(C(C)(C)C)cc21.[Ir]. The second kappa shape index (κ2) is 20.6. The molecule has 0 amide bonds. The topological polar surface area (TPSA) is 43.9 Å². The number of pyridine rings is 1. The summed E-state index contributed by atoms with van der Waals surface area (Å²) in [7, 11) is 0. The molecule has 0 spiro atoms. The van der Waals surface area contributed by atoms with Crippen LogP contribution in [0, 0.1) is 12.1 Å². The minimum atomic E-state index is -0.0467. The Balaban J connectivity index is 0.000000364. The van der Waals surface area contributed by atoms with Gasteiger partial charge in [0, 0.05) is 37.4 Å². The number of furan rings is 1. The van der Waals surface area contributed by atoms with Crippen LogP contribution in [-0.4, -0.2) is 14.5 Å². The van der Waals surface area contributed by atoms with E-state index in [9.17, 15) is 0 Å². The summed E-state index contributed by atoms with van der Waals surface area (Å²) in [6.07, 6.45) is 1.87. The number of rotatable bonds is 6. The number of aromatic nitrogens is 3. The van der Waals surface area contributed by atoms with Gasteiger partial charge in [-0.25, -0.2) is 0 Å². The molecule has 0 aliphatic heterocycles. The number of hydrogen-bond donors (Lipinski definition) is 0. The van der Waals surface area contributed by atoms with Gasteiger partial charge in [0.1, 0.15) is 5.58 Å². The van der Waals surface area contributed by atoms with Gasteiger partial charge in [-0.15, -0.1) is 54.1 Å². The average Bonchev–Trinajstić information content (AvgIpc) is 4.19. The molecule has 11 rings (SSSR count). The third kappa shape index (κ3) is 10.8. The van der Waals surface area contributed by atoms with Crippen LogP contribution in [0.15, 0.2) is 156 Å². The van der Waals surface area contributed by atoms with Crippen molar-refractivity contribution in [3.8, 4) is 39.5 Å². The van der Waals surface area contributed by atoms with Gasteiger partial charge >= 0.3 is 0 Å². The molecule has 395 valence electrons. The van der Waals surface area contributed by atoms with Gasteiger partial charge in [0.05, 0.1) is 22.4 Å². The van der Waals surface area contributed by atoms with Crippen LogP contribution in [0.25, 0.3) is 94.0 Å². The van der Waals surface area contributed by atoms with Crippen molar-refractivity contribution < 1.29 is 24.5 Å². The Bertz CT molecular complexity index is 3910. The first-order chi connectivity index (χ1) is 35.8. The van der Waals surface area contributed by atoms with Crippen LogP contribution in [-0.2, 0) is 41.8 Å². The second-order valence-electron chi connectivity index (χ2n) is 25.8. The molecule has 77 heavy (non-hydrogen) atoms. The van der Waals surface area contributed by atoms with Crippen LogP contribution < -0.4 is 0 Å². The van der Waals surface area contributed by atoms with Crippen molar-refractivity contribution in [3.63, 3.8) is 0 Å². The standard InChI is InChI=1S/C57H59N2O.C15H16N.Ir/c1-33(2)45-28-38(37-25-40(56(8,9)10)30-41(26-37)57(11,12)13)29-46(34(3)4)52(45)59-50-31-39(55(5,6)7)23-24-49(50)58-54(59)44-20-16-19-43-48-27-36-22-21-35-17-14-15-18-42(35)47(36)32-51(48)60-53(43)44;1-15(2,3)13-9-10-16-14(11-13)12-7-5-4-6-8-12;/h14-19,21-34H,1-13H3;4-7,9-11H,1-3H3;/q2*-1;. The smallest absolute Gasteiger partial charge is 0.121 e. The molecule has 1 radical (unpaired) electrons. The van der Waals surface area contributed by atoms with Gasteiger partial charge in [-0.2, -0.15) is 0 Å². The maximum absolute atomic E-state index is 6.98. The third-order valence-corrected chi connectivity index (χ3v) is 15.3. The van der Waals surface area contributed by atoms with E-state index in [1.165, 1.54) is 71.7 Å². The van der Waals surface area contributed by atoms with Gasteiger partial charge in [0.2, 0.25) is 0 Å². The number of benzene rings is 8.